The van der Waals surface area contributed by atoms with Gasteiger partial charge in [0.05, 0.1) is 12.7 Å². The molecule has 0 spiro atoms. The highest BCUT2D eigenvalue weighted by Gasteiger charge is 2.35. The number of hydrogen-bond donors (Lipinski definition) is 1. The number of carbonyl (C=O) groups excluding carboxylic acids is 1. The van der Waals surface area contributed by atoms with Gasteiger partial charge >= 0.3 is 12.1 Å². The molecule has 0 atom stereocenters. The standard InChI is InChI=1S/C9H14F3NO2/c1-4-15-8(14)5-7(9(10,11)12)13-6(2)3/h5-6,13H,4H2,1-3H3. The molecule has 15 heavy (non-hydrogen) atoms. The minimum Gasteiger partial charge on any atom is -0.463 e. The Morgan fingerprint density at radius 2 is 2.00 bits per heavy atom. The number of esters is 1. The average Bonchev–Trinajstić information content (AvgIpc) is 2.00. The lowest BCUT2D eigenvalue weighted by atomic mass is 10.3. The summed E-state index contributed by atoms with van der Waals surface area (Å²) in [5.41, 5.74) is -1.09. The zero-order valence-electron chi connectivity index (χ0n) is 8.81. The number of hydrogen-bond acceptors (Lipinski definition) is 3. The van der Waals surface area contributed by atoms with E-state index in [1.165, 1.54) is 6.92 Å². The molecule has 0 aliphatic carbocycles. The van der Waals surface area contributed by atoms with Crippen molar-refractivity contribution in [1.29, 1.82) is 0 Å². The monoisotopic (exact) mass is 225 g/mol. The minimum absolute atomic E-state index is 0.0438. The summed E-state index contributed by atoms with van der Waals surface area (Å²) in [6.07, 6.45) is -4.15. The maximum Gasteiger partial charge on any atom is 0.431 e. The predicted octanol–water partition coefficient (Wildman–Crippen LogP) is 1.99. The van der Waals surface area contributed by atoms with Gasteiger partial charge in [-0.25, -0.2) is 4.79 Å². The highest BCUT2D eigenvalue weighted by molar-refractivity contribution is 5.82. The minimum atomic E-state index is -4.57. The van der Waals surface area contributed by atoms with E-state index in [2.05, 4.69) is 10.1 Å². The van der Waals surface area contributed by atoms with Gasteiger partial charge in [0.15, 0.2) is 0 Å². The van der Waals surface area contributed by atoms with Crippen LogP contribution in [0.25, 0.3) is 0 Å². The molecule has 0 aromatic heterocycles. The third kappa shape index (κ3) is 5.98. The van der Waals surface area contributed by atoms with Crippen LogP contribution in [0.5, 0.6) is 0 Å². The largest absolute Gasteiger partial charge is 0.463 e. The number of nitrogens with one attached hydrogen (secondary N) is 1. The van der Waals surface area contributed by atoms with Crippen LogP contribution < -0.4 is 5.32 Å². The van der Waals surface area contributed by atoms with Crippen molar-refractivity contribution >= 4 is 5.97 Å². The van der Waals surface area contributed by atoms with Crippen molar-refractivity contribution in [2.75, 3.05) is 6.61 Å². The highest BCUT2D eigenvalue weighted by Crippen LogP contribution is 2.23. The van der Waals surface area contributed by atoms with E-state index in [0.717, 1.165) is 0 Å². The van der Waals surface area contributed by atoms with Gasteiger partial charge < -0.3 is 10.1 Å². The first kappa shape index (κ1) is 13.8. The van der Waals surface area contributed by atoms with Crippen molar-refractivity contribution in [3.63, 3.8) is 0 Å². The predicted molar refractivity (Wildman–Crippen MR) is 49.0 cm³/mol. The Bertz CT molecular complexity index is 246. The molecule has 0 saturated heterocycles. The van der Waals surface area contributed by atoms with Gasteiger partial charge in [-0.1, -0.05) is 0 Å². The van der Waals surface area contributed by atoms with Gasteiger partial charge in [0, 0.05) is 6.04 Å². The van der Waals surface area contributed by atoms with Crippen LogP contribution in [-0.4, -0.2) is 24.8 Å². The average molecular weight is 225 g/mol. The fourth-order valence-electron chi connectivity index (χ4n) is 0.818. The summed E-state index contributed by atoms with van der Waals surface area (Å²) in [4.78, 5) is 10.8. The summed E-state index contributed by atoms with van der Waals surface area (Å²) in [5.74, 6) is -1.00. The Hall–Kier alpha value is -1.20. The Balaban J connectivity index is 4.70. The number of halogens is 3. The molecule has 3 nitrogen and oxygen atoms in total. The van der Waals surface area contributed by atoms with E-state index in [4.69, 9.17) is 0 Å². The van der Waals surface area contributed by atoms with Gasteiger partial charge in [0.2, 0.25) is 0 Å². The third-order valence-corrected chi connectivity index (χ3v) is 1.30. The van der Waals surface area contributed by atoms with E-state index >= 15 is 0 Å². The van der Waals surface area contributed by atoms with E-state index in [-0.39, 0.29) is 6.61 Å². The molecule has 0 aromatic carbocycles. The van der Waals surface area contributed by atoms with E-state index < -0.39 is 23.9 Å². The molecule has 0 aromatic rings. The first-order valence-corrected chi connectivity index (χ1v) is 4.49. The fraction of sp³-hybridized carbons (Fsp3) is 0.667. The second kappa shape index (κ2) is 5.63. The van der Waals surface area contributed by atoms with Gasteiger partial charge in [-0.2, -0.15) is 13.2 Å². The maximum atomic E-state index is 12.3. The van der Waals surface area contributed by atoms with E-state index in [1.807, 2.05) is 0 Å². The SMILES string of the molecule is CCOC(=O)C=C(NC(C)C)C(F)(F)F. The summed E-state index contributed by atoms with van der Waals surface area (Å²) in [6, 6.07) is -0.410. The number of carbonyl (C=O) groups is 1. The molecule has 0 unspecified atom stereocenters. The summed E-state index contributed by atoms with van der Waals surface area (Å²) in [6.45, 7) is 4.66. The van der Waals surface area contributed by atoms with Crippen LogP contribution in [0.4, 0.5) is 13.2 Å². The second-order valence-corrected chi connectivity index (χ2v) is 3.11. The van der Waals surface area contributed by atoms with Crippen LogP contribution >= 0.6 is 0 Å². The first-order chi connectivity index (χ1) is 6.77. The molecule has 1 N–H and O–H groups in total. The molecule has 88 valence electrons. The molecule has 0 saturated carbocycles. The second-order valence-electron chi connectivity index (χ2n) is 3.11. The Morgan fingerprint density at radius 1 is 1.47 bits per heavy atom. The summed E-state index contributed by atoms with van der Waals surface area (Å²) < 4.78 is 41.4. The van der Waals surface area contributed by atoms with Crippen molar-refractivity contribution in [2.45, 2.75) is 33.0 Å². The van der Waals surface area contributed by atoms with Crippen LogP contribution in [0.3, 0.4) is 0 Å². The van der Waals surface area contributed by atoms with Gasteiger partial charge in [-0.15, -0.1) is 0 Å². The molecule has 0 heterocycles. The van der Waals surface area contributed by atoms with Crippen molar-refractivity contribution in [3.8, 4) is 0 Å². The maximum absolute atomic E-state index is 12.3. The molecule has 0 radical (unpaired) electrons. The number of rotatable bonds is 4. The number of alkyl halides is 3. The van der Waals surface area contributed by atoms with Crippen LogP contribution in [0.2, 0.25) is 0 Å². The number of allylic oxidation sites excluding steroid dienone is 1. The first-order valence-electron chi connectivity index (χ1n) is 4.49. The molecule has 0 rings (SSSR count). The van der Waals surface area contributed by atoms with E-state index in [9.17, 15) is 18.0 Å². The van der Waals surface area contributed by atoms with Gasteiger partial charge in [-0.05, 0) is 20.8 Å². The molecule has 6 heteroatoms. The molecular weight excluding hydrogens is 211 g/mol. The highest BCUT2D eigenvalue weighted by atomic mass is 19.4. The smallest absolute Gasteiger partial charge is 0.431 e. The lowest BCUT2D eigenvalue weighted by molar-refractivity contribution is -0.138. The Morgan fingerprint density at radius 3 is 2.33 bits per heavy atom. The van der Waals surface area contributed by atoms with Crippen molar-refractivity contribution in [1.82, 2.24) is 5.32 Å². The van der Waals surface area contributed by atoms with Crippen molar-refractivity contribution in [3.05, 3.63) is 11.8 Å². The summed E-state index contributed by atoms with van der Waals surface area (Å²) in [7, 11) is 0. The van der Waals surface area contributed by atoms with Gasteiger partial charge in [0.25, 0.3) is 0 Å². The third-order valence-electron chi connectivity index (χ3n) is 1.30. The van der Waals surface area contributed by atoms with Crippen molar-refractivity contribution in [2.24, 2.45) is 0 Å². The molecule has 0 aliphatic rings. The lowest BCUT2D eigenvalue weighted by Gasteiger charge is -2.16. The van der Waals surface area contributed by atoms with E-state index in [0.29, 0.717) is 6.08 Å². The molecule has 0 amide bonds. The molecule has 0 aliphatic heterocycles. The van der Waals surface area contributed by atoms with Crippen LogP contribution in [0, 0.1) is 0 Å². The van der Waals surface area contributed by atoms with Gasteiger partial charge in [-0.3, -0.25) is 0 Å². The quantitative estimate of drug-likeness (QED) is 0.587. The lowest BCUT2D eigenvalue weighted by Crippen LogP contribution is -2.32. The zero-order valence-corrected chi connectivity index (χ0v) is 8.81. The normalized spacial score (nSPS) is 12.9. The van der Waals surface area contributed by atoms with Crippen LogP contribution in [0.1, 0.15) is 20.8 Å². The summed E-state index contributed by atoms with van der Waals surface area (Å²) in [5, 5.41) is 2.14. The van der Waals surface area contributed by atoms with Crippen LogP contribution in [0.15, 0.2) is 11.8 Å². The topological polar surface area (TPSA) is 38.3 Å². The Labute approximate surface area is 86.3 Å². The Kier molecular flexibility index (Phi) is 5.18. The molecule has 0 fully saturated rings. The summed E-state index contributed by atoms with van der Waals surface area (Å²) >= 11 is 0. The molecule has 0 bridgehead atoms. The molecular formula is C9H14F3NO2. The van der Waals surface area contributed by atoms with Crippen LogP contribution in [-0.2, 0) is 9.53 Å². The fourth-order valence-corrected chi connectivity index (χ4v) is 0.818. The van der Waals surface area contributed by atoms with Gasteiger partial charge in [0.1, 0.15) is 5.70 Å². The zero-order chi connectivity index (χ0) is 12.1. The van der Waals surface area contributed by atoms with Crippen molar-refractivity contribution < 1.29 is 22.7 Å². The van der Waals surface area contributed by atoms with E-state index in [1.54, 1.807) is 13.8 Å². The number of ether oxygens (including phenoxy) is 1.